The zero-order chi connectivity index (χ0) is 27.1. The summed E-state index contributed by atoms with van der Waals surface area (Å²) in [6.07, 6.45) is 0. The molecule has 1 heterocycles. The van der Waals surface area contributed by atoms with Crippen molar-refractivity contribution >= 4 is 43.0 Å². The molecule has 0 fully saturated rings. The highest BCUT2D eigenvalue weighted by molar-refractivity contribution is 7.93. The maximum Gasteiger partial charge on any atom is 0.265 e. The molecule has 1 aliphatic heterocycles. The summed E-state index contributed by atoms with van der Waals surface area (Å²) in [5.41, 5.74) is 2.50. The molecular formula is C27H22FN3O5S2. The predicted octanol–water partition coefficient (Wildman–Crippen LogP) is 4.75. The Morgan fingerprint density at radius 1 is 0.868 bits per heavy atom. The average Bonchev–Trinajstić information content (AvgIpc) is 2.87. The number of carbonyl (C=O) groups is 1. The topological polar surface area (TPSA) is 113 Å². The normalized spacial score (nSPS) is 13.8. The number of amides is 1. The second-order valence-electron chi connectivity index (χ2n) is 8.72. The lowest BCUT2D eigenvalue weighted by Crippen LogP contribution is -2.40. The van der Waals surface area contributed by atoms with E-state index in [1.165, 1.54) is 42.5 Å². The van der Waals surface area contributed by atoms with E-state index in [2.05, 4.69) is 10.0 Å². The van der Waals surface area contributed by atoms with E-state index in [4.69, 9.17) is 0 Å². The molecule has 5 rings (SSSR count). The minimum absolute atomic E-state index is 0.0109. The third kappa shape index (κ3) is 4.85. The molecule has 0 radical (unpaired) electrons. The van der Waals surface area contributed by atoms with Gasteiger partial charge in [-0.25, -0.2) is 21.2 Å². The summed E-state index contributed by atoms with van der Waals surface area (Å²) in [7, 11) is -7.95. The van der Waals surface area contributed by atoms with Crippen LogP contribution in [-0.4, -0.2) is 29.3 Å². The number of benzene rings is 4. The first kappa shape index (κ1) is 25.4. The van der Waals surface area contributed by atoms with E-state index in [1.54, 1.807) is 36.4 Å². The van der Waals surface area contributed by atoms with Crippen LogP contribution in [0.4, 0.5) is 21.5 Å². The summed E-state index contributed by atoms with van der Waals surface area (Å²) in [6.45, 7) is 1.28. The van der Waals surface area contributed by atoms with E-state index in [9.17, 15) is 26.0 Å². The number of nitrogens with zero attached hydrogens (tertiary/aromatic N) is 1. The minimum atomic E-state index is -4.09. The summed E-state index contributed by atoms with van der Waals surface area (Å²) in [5, 5.41) is 2.59. The quantitative estimate of drug-likeness (QED) is 0.359. The summed E-state index contributed by atoms with van der Waals surface area (Å²) >= 11 is 0. The number of nitrogens with one attached hydrogen (secondary N) is 2. The number of rotatable bonds is 6. The number of fused-ring (bicyclic) bond motifs is 3. The van der Waals surface area contributed by atoms with Gasteiger partial charge in [0.2, 0.25) is 5.91 Å². The van der Waals surface area contributed by atoms with E-state index in [1.807, 2.05) is 13.0 Å². The van der Waals surface area contributed by atoms with Crippen LogP contribution in [0.5, 0.6) is 0 Å². The average molecular weight is 552 g/mol. The third-order valence-corrected chi connectivity index (χ3v) is 9.19. The molecule has 1 aliphatic rings. The van der Waals surface area contributed by atoms with Crippen LogP contribution in [0.25, 0.3) is 11.1 Å². The molecule has 0 spiro atoms. The highest BCUT2D eigenvalue weighted by Gasteiger charge is 2.36. The van der Waals surface area contributed by atoms with Crippen LogP contribution in [0.15, 0.2) is 101 Å². The highest BCUT2D eigenvalue weighted by Crippen LogP contribution is 2.43. The Bertz CT molecular complexity index is 1770. The van der Waals surface area contributed by atoms with Crippen molar-refractivity contribution in [1.29, 1.82) is 0 Å². The molecule has 4 aromatic rings. The van der Waals surface area contributed by atoms with Crippen LogP contribution in [0, 0.1) is 12.7 Å². The summed E-state index contributed by atoms with van der Waals surface area (Å²) in [4.78, 5) is 12.9. The Balaban J connectivity index is 1.35. The van der Waals surface area contributed by atoms with E-state index in [-0.39, 0.29) is 21.2 Å². The number of halogens is 1. The van der Waals surface area contributed by atoms with Crippen molar-refractivity contribution in [3.8, 4) is 11.1 Å². The first-order valence-electron chi connectivity index (χ1n) is 11.5. The molecule has 11 heteroatoms. The molecule has 1 amide bonds. The van der Waals surface area contributed by atoms with Crippen LogP contribution >= 0.6 is 0 Å². The van der Waals surface area contributed by atoms with Crippen LogP contribution in [0.2, 0.25) is 0 Å². The number of hydrogen-bond acceptors (Lipinski definition) is 5. The standard InChI is InChI=1S/C27H22FN3O5S2/c1-18-5-4-6-21(15-18)30-37(33,34)22-12-10-20(11-13-22)29-27(32)17-31-25-14-9-19(28)16-24(25)23-7-2-3-8-26(23)38(31,35)36/h2-16,30H,17H2,1H3,(H,29,32). The van der Waals surface area contributed by atoms with Crippen molar-refractivity contribution in [3.63, 3.8) is 0 Å². The van der Waals surface area contributed by atoms with E-state index >= 15 is 0 Å². The Labute approximate surface area is 219 Å². The molecule has 38 heavy (non-hydrogen) atoms. The zero-order valence-electron chi connectivity index (χ0n) is 20.1. The maximum atomic E-state index is 14.0. The van der Waals surface area contributed by atoms with Gasteiger partial charge in [-0.2, -0.15) is 0 Å². The molecule has 4 aromatic carbocycles. The van der Waals surface area contributed by atoms with Crippen LogP contribution in [0.3, 0.4) is 0 Å². The van der Waals surface area contributed by atoms with Gasteiger partial charge < -0.3 is 5.32 Å². The van der Waals surface area contributed by atoms with Crippen LogP contribution < -0.4 is 14.3 Å². The smallest absolute Gasteiger partial charge is 0.265 e. The second-order valence-corrected chi connectivity index (χ2v) is 12.2. The van der Waals surface area contributed by atoms with Gasteiger partial charge in [0.15, 0.2) is 0 Å². The summed E-state index contributed by atoms with van der Waals surface area (Å²) < 4.78 is 69.6. The maximum absolute atomic E-state index is 14.0. The highest BCUT2D eigenvalue weighted by atomic mass is 32.2. The molecule has 0 aliphatic carbocycles. The van der Waals surface area contributed by atoms with Crippen molar-refractivity contribution < 1.29 is 26.0 Å². The molecule has 194 valence electrons. The van der Waals surface area contributed by atoms with E-state index < -0.39 is 38.3 Å². The Hall–Kier alpha value is -4.22. The number of aryl methyl sites for hydroxylation is 1. The van der Waals surface area contributed by atoms with Crippen molar-refractivity contribution in [2.45, 2.75) is 16.7 Å². The van der Waals surface area contributed by atoms with Gasteiger partial charge in [0.05, 0.1) is 15.5 Å². The van der Waals surface area contributed by atoms with Gasteiger partial charge in [-0.05, 0) is 73.2 Å². The van der Waals surface area contributed by atoms with Crippen molar-refractivity contribution in [1.82, 2.24) is 0 Å². The second kappa shape index (κ2) is 9.58. The van der Waals surface area contributed by atoms with Gasteiger partial charge in [0, 0.05) is 22.5 Å². The summed E-state index contributed by atoms with van der Waals surface area (Å²) in [6, 6.07) is 22.3. The summed E-state index contributed by atoms with van der Waals surface area (Å²) in [5.74, 6) is -1.19. The number of anilines is 3. The monoisotopic (exact) mass is 551 g/mol. The van der Waals surface area contributed by atoms with Crippen molar-refractivity contribution in [2.75, 3.05) is 20.9 Å². The lowest BCUT2D eigenvalue weighted by Gasteiger charge is -2.31. The molecule has 0 bridgehead atoms. The minimum Gasteiger partial charge on any atom is -0.325 e. The lowest BCUT2D eigenvalue weighted by atomic mass is 10.0. The van der Waals surface area contributed by atoms with Gasteiger partial charge in [0.1, 0.15) is 12.4 Å². The van der Waals surface area contributed by atoms with Gasteiger partial charge in [-0.1, -0.05) is 30.3 Å². The van der Waals surface area contributed by atoms with Crippen LogP contribution in [0.1, 0.15) is 5.56 Å². The van der Waals surface area contributed by atoms with Gasteiger partial charge in [0.25, 0.3) is 20.0 Å². The fourth-order valence-electron chi connectivity index (χ4n) is 4.24. The molecular weight excluding hydrogens is 529 g/mol. The van der Waals surface area contributed by atoms with Gasteiger partial charge in [-0.15, -0.1) is 0 Å². The van der Waals surface area contributed by atoms with Gasteiger partial charge in [-0.3, -0.25) is 13.8 Å². The predicted molar refractivity (Wildman–Crippen MR) is 143 cm³/mol. The molecule has 0 saturated carbocycles. The molecule has 2 N–H and O–H groups in total. The molecule has 0 unspecified atom stereocenters. The zero-order valence-corrected chi connectivity index (χ0v) is 21.7. The molecule has 0 atom stereocenters. The third-order valence-electron chi connectivity index (χ3n) is 5.98. The SMILES string of the molecule is Cc1cccc(NS(=O)(=O)c2ccc(NC(=O)CN3c4ccc(F)cc4-c4ccccc4S3(=O)=O)cc2)c1. The molecule has 0 aromatic heterocycles. The molecule has 8 nitrogen and oxygen atoms in total. The first-order valence-corrected chi connectivity index (χ1v) is 14.4. The van der Waals surface area contributed by atoms with Crippen LogP contribution in [-0.2, 0) is 24.8 Å². The molecule has 0 saturated heterocycles. The number of carbonyl (C=O) groups excluding carboxylic acids is 1. The van der Waals surface area contributed by atoms with Crippen molar-refractivity contribution in [2.24, 2.45) is 0 Å². The van der Waals surface area contributed by atoms with Gasteiger partial charge >= 0.3 is 0 Å². The Kier molecular flexibility index (Phi) is 6.41. The Morgan fingerprint density at radius 2 is 1.61 bits per heavy atom. The number of sulfonamides is 2. The van der Waals surface area contributed by atoms with E-state index in [0.717, 1.165) is 15.9 Å². The fourth-order valence-corrected chi connectivity index (χ4v) is 6.94. The van der Waals surface area contributed by atoms with E-state index in [0.29, 0.717) is 16.8 Å². The first-order chi connectivity index (χ1) is 18.0. The number of hydrogen-bond donors (Lipinski definition) is 2. The largest absolute Gasteiger partial charge is 0.325 e. The fraction of sp³-hybridized carbons (Fsp3) is 0.0741. The Morgan fingerprint density at radius 3 is 2.34 bits per heavy atom. The lowest BCUT2D eigenvalue weighted by molar-refractivity contribution is -0.114. The van der Waals surface area contributed by atoms with Crippen molar-refractivity contribution in [3.05, 3.63) is 102 Å².